The van der Waals surface area contributed by atoms with Crippen molar-refractivity contribution in [3.8, 4) is 11.1 Å². The van der Waals surface area contributed by atoms with Crippen LogP contribution in [0.4, 0.5) is 0 Å². The van der Waals surface area contributed by atoms with E-state index < -0.39 is 22.2 Å². The van der Waals surface area contributed by atoms with Gasteiger partial charge in [0, 0.05) is 51.1 Å². The van der Waals surface area contributed by atoms with Crippen molar-refractivity contribution in [1.82, 2.24) is 14.4 Å². The second kappa shape index (κ2) is 13.4. The number of nitrogens with zero attached hydrogens (tertiary/aromatic N) is 2. The van der Waals surface area contributed by atoms with E-state index >= 15 is 0 Å². The number of rotatable bonds is 10. The quantitative estimate of drug-likeness (QED) is 0.295. The molecule has 2 aromatic carbocycles. The van der Waals surface area contributed by atoms with Gasteiger partial charge >= 0.3 is 0 Å². The Hall–Kier alpha value is -3.28. The van der Waals surface area contributed by atoms with Crippen LogP contribution in [0.25, 0.3) is 17.2 Å². The lowest BCUT2D eigenvalue weighted by molar-refractivity contribution is -0.198. The zero-order chi connectivity index (χ0) is 27.8. The Morgan fingerprint density at radius 1 is 1.02 bits per heavy atom. The van der Waals surface area contributed by atoms with Crippen LogP contribution in [-0.2, 0) is 35.5 Å². The molecule has 0 radical (unpaired) electrons. The minimum absolute atomic E-state index is 0.186. The van der Waals surface area contributed by atoms with Gasteiger partial charge < -0.3 is 9.47 Å². The smallest absolute Gasteiger partial charge is 0.267 e. The second-order valence-electron chi connectivity index (χ2n) is 9.92. The summed E-state index contributed by atoms with van der Waals surface area (Å²) in [6.45, 7) is 5.14. The van der Waals surface area contributed by atoms with Crippen LogP contribution in [0.2, 0.25) is 0 Å². The molecule has 2 saturated heterocycles. The molecule has 212 valence electrons. The van der Waals surface area contributed by atoms with E-state index in [9.17, 15) is 13.2 Å². The number of carbonyl (C=O) groups excluding carboxylic acids is 1. The third-order valence-corrected chi connectivity index (χ3v) is 8.70. The number of hydroxylamine groups is 1. The number of nitrogens with one attached hydrogen (secondary N) is 1. The van der Waals surface area contributed by atoms with E-state index in [0.29, 0.717) is 12.2 Å². The van der Waals surface area contributed by atoms with Gasteiger partial charge in [-0.25, -0.2) is 22.7 Å². The Bertz CT molecular complexity index is 1410. The van der Waals surface area contributed by atoms with Crippen molar-refractivity contribution in [2.45, 2.75) is 36.9 Å². The van der Waals surface area contributed by atoms with Gasteiger partial charge in [-0.3, -0.25) is 9.69 Å². The zero-order valence-corrected chi connectivity index (χ0v) is 23.2. The molecule has 10 heteroatoms. The number of carbonyl (C=O) groups is 1. The maximum absolute atomic E-state index is 13.3. The standard InChI is InChI=1S/C30H35N3O6S/c34-29(31-39-30-6-1-2-19-38-30)12-9-25-14-16-33(23-25)40(35,36)28-5-3-4-27(22-28)26-10-7-24(8-11-26)13-15-32-17-20-37-21-18-32/h3-5,7-12,14,16,22-23,30H,1-2,6,13,15,17-21H2,(H,31,34)/b12-9+. The molecule has 0 saturated carbocycles. The van der Waals surface area contributed by atoms with E-state index in [0.717, 1.165) is 73.6 Å². The monoisotopic (exact) mass is 565 g/mol. The molecule has 0 spiro atoms. The number of hydrogen-bond donors (Lipinski definition) is 1. The van der Waals surface area contributed by atoms with Crippen LogP contribution in [0, 0.1) is 0 Å². The fraction of sp³-hybridized carbons (Fsp3) is 0.367. The van der Waals surface area contributed by atoms with Gasteiger partial charge in [-0.15, -0.1) is 0 Å². The summed E-state index contributed by atoms with van der Waals surface area (Å²) in [5.41, 5.74) is 5.94. The van der Waals surface area contributed by atoms with Crippen LogP contribution in [-0.4, -0.2) is 68.9 Å². The average Bonchev–Trinajstić information content (AvgIpc) is 3.50. The molecule has 40 heavy (non-hydrogen) atoms. The van der Waals surface area contributed by atoms with Crippen LogP contribution in [0.3, 0.4) is 0 Å². The number of aromatic nitrogens is 1. The van der Waals surface area contributed by atoms with Gasteiger partial charge in [-0.1, -0.05) is 36.4 Å². The summed E-state index contributed by atoms with van der Waals surface area (Å²) in [5.74, 6) is -0.454. The summed E-state index contributed by atoms with van der Waals surface area (Å²) >= 11 is 0. The zero-order valence-electron chi connectivity index (χ0n) is 22.4. The molecule has 1 N–H and O–H groups in total. The number of hydrogen-bond acceptors (Lipinski definition) is 7. The molecule has 3 aromatic rings. The Balaban J connectivity index is 1.20. The molecular formula is C30H35N3O6S. The summed E-state index contributed by atoms with van der Waals surface area (Å²) in [4.78, 5) is 19.9. The van der Waals surface area contributed by atoms with Gasteiger partial charge in [-0.05, 0) is 65.8 Å². The van der Waals surface area contributed by atoms with Gasteiger partial charge in [0.1, 0.15) is 0 Å². The van der Waals surface area contributed by atoms with E-state index in [2.05, 4.69) is 22.5 Å². The van der Waals surface area contributed by atoms with Crippen LogP contribution in [0.1, 0.15) is 30.4 Å². The predicted molar refractivity (Wildman–Crippen MR) is 152 cm³/mol. The molecule has 1 amide bonds. The fourth-order valence-corrected chi connectivity index (χ4v) is 5.96. The highest BCUT2D eigenvalue weighted by molar-refractivity contribution is 7.90. The van der Waals surface area contributed by atoms with Gasteiger partial charge in [0.15, 0.2) is 6.29 Å². The molecule has 2 aliphatic heterocycles. The van der Waals surface area contributed by atoms with Crippen molar-refractivity contribution in [2.75, 3.05) is 39.5 Å². The molecule has 0 bridgehead atoms. The molecule has 5 rings (SSSR count). The van der Waals surface area contributed by atoms with Gasteiger partial charge in [0.25, 0.3) is 15.9 Å². The normalized spacial score (nSPS) is 18.6. The van der Waals surface area contributed by atoms with Crippen molar-refractivity contribution in [3.63, 3.8) is 0 Å². The maximum atomic E-state index is 13.3. The molecule has 1 unspecified atom stereocenters. The lowest BCUT2D eigenvalue weighted by Crippen LogP contribution is -2.37. The Kier molecular flexibility index (Phi) is 9.45. The first kappa shape index (κ1) is 28.3. The Morgan fingerprint density at radius 2 is 1.85 bits per heavy atom. The van der Waals surface area contributed by atoms with Crippen molar-refractivity contribution >= 4 is 22.0 Å². The van der Waals surface area contributed by atoms with Crippen molar-refractivity contribution in [1.29, 1.82) is 0 Å². The van der Waals surface area contributed by atoms with E-state index in [-0.39, 0.29) is 4.90 Å². The first-order chi connectivity index (χ1) is 19.5. The molecule has 1 aromatic heterocycles. The van der Waals surface area contributed by atoms with Gasteiger partial charge in [-0.2, -0.15) is 0 Å². The molecule has 2 aliphatic rings. The van der Waals surface area contributed by atoms with E-state index in [1.165, 1.54) is 30.1 Å². The lowest BCUT2D eigenvalue weighted by atomic mass is 10.0. The van der Waals surface area contributed by atoms with E-state index in [4.69, 9.17) is 14.3 Å². The lowest BCUT2D eigenvalue weighted by Gasteiger charge is -2.26. The topological polar surface area (TPSA) is 99.1 Å². The van der Waals surface area contributed by atoms with E-state index in [1.807, 2.05) is 18.2 Å². The predicted octanol–water partition coefficient (Wildman–Crippen LogP) is 3.85. The molecular weight excluding hydrogens is 530 g/mol. The number of morpholine rings is 1. The highest BCUT2D eigenvalue weighted by atomic mass is 32.2. The summed E-state index contributed by atoms with van der Waals surface area (Å²) in [6, 6.07) is 16.8. The Morgan fingerprint density at radius 3 is 2.62 bits per heavy atom. The van der Waals surface area contributed by atoms with Crippen molar-refractivity contribution < 1.29 is 27.5 Å². The highest BCUT2D eigenvalue weighted by Crippen LogP contribution is 2.25. The largest absolute Gasteiger partial charge is 0.379 e. The number of amides is 1. The van der Waals surface area contributed by atoms with Crippen molar-refractivity contribution in [2.24, 2.45) is 0 Å². The number of ether oxygens (including phenoxy) is 2. The molecule has 3 heterocycles. The van der Waals surface area contributed by atoms with Crippen LogP contribution >= 0.6 is 0 Å². The third kappa shape index (κ3) is 7.47. The SMILES string of the molecule is O=C(/C=C/c1ccn(S(=O)(=O)c2cccc(-c3ccc(CCN4CCOCC4)cc3)c2)c1)NOC1CCCCO1. The second-order valence-corrected chi connectivity index (χ2v) is 11.8. The minimum atomic E-state index is -3.82. The summed E-state index contributed by atoms with van der Waals surface area (Å²) in [5, 5.41) is 0. The first-order valence-electron chi connectivity index (χ1n) is 13.7. The van der Waals surface area contributed by atoms with E-state index in [1.54, 1.807) is 24.3 Å². The molecule has 2 fully saturated rings. The molecule has 1 atom stereocenters. The van der Waals surface area contributed by atoms with Crippen molar-refractivity contribution in [3.05, 3.63) is 84.2 Å². The van der Waals surface area contributed by atoms with Gasteiger partial charge in [0.2, 0.25) is 0 Å². The summed E-state index contributed by atoms with van der Waals surface area (Å²) in [6.07, 6.45) is 8.99. The van der Waals surface area contributed by atoms with Crippen LogP contribution in [0.15, 0.2) is 78.0 Å². The van der Waals surface area contributed by atoms with Gasteiger partial charge in [0.05, 0.1) is 18.1 Å². The van der Waals surface area contributed by atoms with Crippen LogP contribution in [0.5, 0.6) is 0 Å². The molecule has 0 aliphatic carbocycles. The Labute approximate surface area is 235 Å². The minimum Gasteiger partial charge on any atom is -0.379 e. The summed E-state index contributed by atoms with van der Waals surface area (Å²) in [7, 11) is -3.82. The van der Waals surface area contributed by atoms with Crippen LogP contribution < -0.4 is 5.48 Å². The molecule has 9 nitrogen and oxygen atoms in total. The third-order valence-electron chi connectivity index (χ3n) is 7.06. The first-order valence-corrected chi connectivity index (χ1v) is 15.1. The maximum Gasteiger partial charge on any atom is 0.267 e. The summed E-state index contributed by atoms with van der Waals surface area (Å²) < 4.78 is 38.7. The number of benzene rings is 2. The average molecular weight is 566 g/mol. The fourth-order valence-electron chi connectivity index (χ4n) is 4.71. The highest BCUT2D eigenvalue weighted by Gasteiger charge is 2.18.